The fraction of sp³-hybridized carbons (Fsp3) is 0.647. The number of aryl methyl sites for hydroxylation is 1. The number of rotatable bonds is 1. The molecular formula is C17H24O. The van der Waals surface area contributed by atoms with Gasteiger partial charge in [-0.05, 0) is 66.0 Å². The normalized spacial score (nSPS) is 37.1. The standard InChI is InChI=1S/C17H24O/c1-10-5-6-13(16(18)7-10)15-9-12-8-14(15)11(2)17(12,3)4/h5-7,11-12,14-15,18H,8-9H2,1-4H3/t11-,12-,14-,15-/m1/s1. The molecule has 2 aliphatic rings. The van der Waals surface area contributed by atoms with Crippen LogP contribution in [0.2, 0.25) is 0 Å². The van der Waals surface area contributed by atoms with Crippen LogP contribution < -0.4 is 0 Å². The van der Waals surface area contributed by atoms with Crippen molar-refractivity contribution in [1.29, 1.82) is 0 Å². The van der Waals surface area contributed by atoms with Gasteiger partial charge in [0.1, 0.15) is 5.75 Å². The Kier molecular flexibility index (Phi) is 2.52. The van der Waals surface area contributed by atoms with Crippen LogP contribution in [0.3, 0.4) is 0 Å². The van der Waals surface area contributed by atoms with Crippen molar-refractivity contribution in [2.24, 2.45) is 23.2 Å². The molecule has 0 amide bonds. The van der Waals surface area contributed by atoms with Gasteiger partial charge < -0.3 is 5.11 Å². The van der Waals surface area contributed by atoms with E-state index in [0.717, 1.165) is 23.3 Å². The Morgan fingerprint density at radius 1 is 1.22 bits per heavy atom. The zero-order valence-electron chi connectivity index (χ0n) is 11.9. The van der Waals surface area contributed by atoms with Crippen molar-refractivity contribution in [2.45, 2.75) is 46.5 Å². The topological polar surface area (TPSA) is 20.2 Å². The number of aromatic hydroxyl groups is 1. The van der Waals surface area contributed by atoms with Gasteiger partial charge in [-0.15, -0.1) is 0 Å². The second kappa shape index (κ2) is 3.76. The smallest absolute Gasteiger partial charge is 0.119 e. The van der Waals surface area contributed by atoms with Crippen molar-refractivity contribution in [2.75, 3.05) is 0 Å². The summed E-state index contributed by atoms with van der Waals surface area (Å²) in [6, 6.07) is 6.20. The third-order valence-corrected chi connectivity index (χ3v) is 6.07. The van der Waals surface area contributed by atoms with E-state index in [0.29, 0.717) is 17.1 Å². The summed E-state index contributed by atoms with van der Waals surface area (Å²) in [4.78, 5) is 0. The quantitative estimate of drug-likeness (QED) is 0.772. The summed E-state index contributed by atoms with van der Waals surface area (Å²) in [6.45, 7) is 9.29. The molecule has 4 atom stereocenters. The maximum absolute atomic E-state index is 10.2. The lowest BCUT2D eigenvalue weighted by molar-refractivity contribution is 0.121. The molecule has 2 aliphatic carbocycles. The molecule has 98 valence electrons. The first-order valence-electron chi connectivity index (χ1n) is 7.20. The summed E-state index contributed by atoms with van der Waals surface area (Å²) in [6.07, 6.45) is 2.62. The molecule has 1 N–H and O–H groups in total. The summed E-state index contributed by atoms with van der Waals surface area (Å²) < 4.78 is 0. The van der Waals surface area contributed by atoms with Crippen molar-refractivity contribution < 1.29 is 5.11 Å². The Labute approximate surface area is 110 Å². The molecule has 3 rings (SSSR count). The van der Waals surface area contributed by atoms with Gasteiger partial charge in [-0.1, -0.05) is 32.9 Å². The van der Waals surface area contributed by atoms with Crippen LogP contribution >= 0.6 is 0 Å². The van der Waals surface area contributed by atoms with E-state index in [4.69, 9.17) is 0 Å². The predicted octanol–water partition coefficient (Wildman–Crippen LogP) is 4.49. The average Bonchev–Trinajstić information content (AvgIpc) is 2.79. The van der Waals surface area contributed by atoms with Gasteiger partial charge in [-0.3, -0.25) is 0 Å². The highest BCUT2D eigenvalue weighted by Crippen LogP contribution is 2.64. The molecule has 2 fully saturated rings. The van der Waals surface area contributed by atoms with E-state index in [1.807, 2.05) is 13.0 Å². The van der Waals surface area contributed by atoms with Crippen LogP contribution in [0.5, 0.6) is 5.75 Å². The zero-order valence-corrected chi connectivity index (χ0v) is 11.9. The van der Waals surface area contributed by atoms with Crippen LogP contribution in [0.25, 0.3) is 0 Å². The van der Waals surface area contributed by atoms with Crippen molar-refractivity contribution in [3.05, 3.63) is 29.3 Å². The molecule has 18 heavy (non-hydrogen) atoms. The Hall–Kier alpha value is -0.980. The van der Waals surface area contributed by atoms with Gasteiger partial charge in [0.2, 0.25) is 0 Å². The van der Waals surface area contributed by atoms with E-state index in [1.54, 1.807) is 0 Å². The molecule has 0 unspecified atom stereocenters. The summed E-state index contributed by atoms with van der Waals surface area (Å²) in [5.41, 5.74) is 2.82. The van der Waals surface area contributed by atoms with Gasteiger partial charge >= 0.3 is 0 Å². The maximum Gasteiger partial charge on any atom is 0.119 e. The molecule has 1 aromatic rings. The lowest BCUT2D eigenvalue weighted by Gasteiger charge is -2.40. The summed E-state index contributed by atoms with van der Waals surface area (Å²) in [7, 11) is 0. The largest absolute Gasteiger partial charge is 0.508 e. The van der Waals surface area contributed by atoms with Gasteiger partial charge in [0.15, 0.2) is 0 Å². The van der Waals surface area contributed by atoms with Crippen molar-refractivity contribution in [1.82, 2.24) is 0 Å². The highest BCUT2D eigenvalue weighted by Gasteiger charge is 2.55. The minimum Gasteiger partial charge on any atom is -0.508 e. The summed E-state index contributed by atoms with van der Waals surface area (Å²) in [5, 5.41) is 10.2. The lowest BCUT2D eigenvalue weighted by atomic mass is 9.65. The van der Waals surface area contributed by atoms with Crippen LogP contribution in [0.1, 0.15) is 50.7 Å². The maximum atomic E-state index is 10.2. The molecule has 0 spiro atoms. The third-order valence-electron chi connectivity index (χ3n) is 6.07. The first-order chi connectivity index (χ1) is 8.41. The molecule has 1 nitrogen and oxygen atoms in total. The molecule has 2 bridgehead atoms. The second-order valence-electron chi connectivity index (χ2n) is 7.11. The number of fused-ring (bicyclic) bond motifs is 2. The molecule has 1 heteroatoms. The van der Waals surface area contributed by atoms with Crippen LogP contribution in [-0.4, -0.2) is 5.11 Å². The molecule has 0 aromatic heterocycles. The first kappa shape index (κ1) is 12.1. The average molecular weight is 244 g/mol. The van der Waals surface area contributed by atoms with E-state index in [-0.39, 0.29) is 0 Å². The monoisotopic (exact) mass is 244 g/mol. The van der Waals surface area contributed by atoms with E-state index in [2.05, 4.69) is 32.9 Å². The van der Waals surface area contributed by atoms with Gasteiger partial charge in [-0.2, -0.15) is 0 Å². The van der Waals surface area contributed by atoms with Crippen LogP contribution in [-0.2, 0) is 0 Å². The second-order valence-corrected chi connectivity index (χ2v) is 7.11. The van der Waals surface area contributed by atoms with Gasteiger partial charge in [0.05, 0.1) is 0 Å². The number of phenolic OH excluding ortho intramolecular Hbond substituents is 1. The number of benzene rings is 1. The van der Waals surface area contributed by atoms with Gasteiger partial charge in [-0.25, -0.2) is 0 Å². The summed E-state index contributed by atoms with van der Waals surface area (Å²) >= 11 is 0. The van der Waals surface area contributed by atoms with Crippen molar-refractivity contribution in [3.8, 4) is 5.75 Å². The number of phenols is 1. The number of hydrogen-bond donors (Lipinski definition) is 1. The van der Waals surface area contributed by atoms with Gasteiger partial charge in [0, 0.05) is 0 Å². The van der Waals surface area contributed by atoms with E-state index < -0.39 is 0 Å². The van der Waals surface area contributed by atoms with Crippen molar-refractivity contribution in [3.63, 3.8) is 0 Å². The highest BCUT2D eigenvalue weighted by molar-refractivity contribution is 5.40. The molecule has 0 radical (unpaired) electrons. The highest BCUT2D eigenvalue weighted by atomic mass is 16.3. The molecule has 2 saturated carbocycles. The van der Waals surface area contributed by atoms with Crippen LogP contribution in [0.4, 0.5) is 0 Å². The Bertz CT molecular complexity index is 470. The Morgan fingerprint density at radius 3 is 2.50 bits per heavy atom. The van der Waals surface area contributed by atoms with Crippen LogP contribution in [0.15, 0.2) is 18.2 Å². The minimum absolute atomic E-state index is 0.488. The SMILES string of the molecule is Cc1ccc([C@H]2C[C@H]3C[C@@H]2[C@@H](C)C3(C)C)c(O)c1. The first-order valence-corrected chi connectivity index (χ1v) is 7.20. The third kappa shape index (κ3) is 1.52. The van der Waals surface area contributed by atoms with E-state index in [1.165, 1.54) is 18.4 Å². The molecule has 0 heterocycles. The Morgan fingerprint density at radius 2 is 1.94 bits per heavy atom. The van der Waals surface area contributed by atoms with Gasteiger partial charge in [0.25, 0.3) is 0 Å². The predicted molar refractivity (Wildman–Crippen MR) is 74.7 cm³/mol. The molecular weight excluding hydrogens is 220 g/mol. The fourth-order valence-electron chi connectivity index (χ4n) is 4.48. The summed E-state index contributed by atoms with van der Waals surface area (Å²) in [5.74, 6) is 3.46. The molecule has 0 saturated heterocycles. The van der Waals surface area contributed by atoms with E-state index >= 15 is 0 Å². The van der Waals surface area contributed by atoms with Crippen LogP contribution in [0, 0.1) is 30.1 Å². The number of hydrogen-bond acceptors (Lipinski definition) is 1. The lowest BCUT2D eigenvalue weighted by Crippen LogP contribution is -2.32. The fourth-order valence-corrected chi connectivity index (χ4v) is 4.48. The zero-order chi connectivity index (χ0) is 13.1. The van der Waals surface area contributed by atoms with E-state index in [9.17, 15) is 5.11 Å². The Balaban J connectivity index is 1.93. The molecule has 0 aliphatic heterocycles. The molecule has 1 aromatic carbocycles. The van der Waals surface area contributed by atoms with Crippen molar-refractivity contribution >= 4 is 0 Å². The minimum atomic E-state index is 0.488.